The summed E-state index contributed by atoms with van der Waals surface area (Å²) in [5.41, 5.74) is 1.92. The van der Waals surface area contributed by atoms with Crippen LogP contribution >= 0.6 is 27.3 Å². The van der Waals surface area contributed by atoms with Crippen LogP contribution in [0.4, 0.5) is 5.13 Å². The van der Waals surface area contributed by atoms with Crippen LogP contribution in [0, 0.1) is 11.3 Å². The molecule has 0 aliphatic rings. The number of nitriles is 1. The van der Waals surface area contributed by atoms with Crippen LogP contribution in [0.5, 0.6) is 0 Å². The molecule has 144 valence electrons. The van der Waals surface area contributed by atoms with Crippen LogP contribution in [-0.4, -0.2) is 27.0 Å². The Labute approximate surface area is 180 Å². The molecule has 8 heteroatoms. The Morgan fingerprint density at radius 1 is 1.24 bits per heavy atom. The predicted molar refractivity (Wildman–Crippen MR) is 117 cm³/mol. The lowest BCUT2D eigenvalue weighted by molar-refractivity contribution is 0.0986. The fourth-order valence-corrected chi connectivity index (χ4v) is 4.50. The van der Waals surface area contributed by atoms with Crippen LogP contribution < -0.4 is 4.90 Å². The maximum atomic E-state index is 13.3. The third kappa shape index (κ3) is 4.36. The number of halogens is 1. The van der Waals surface area contributed by atoms with Crippen molar-refractivity contribution >= 4 is 48.5 Å². The summed E-state index contributed by atoms with van der Waals surface area (Å²) >= 11 is 4.98. The van der Waals surface area contributed by atoms with Gasteiger partial charge in [-0.25, -0.2) is 9.97 Å². The summed E-state index contributed by atoms with van der Waals surface area (Å²) in [5.74, 6) is -0.127. The Balaban J connectivity index is 1.63. The molecule has 4 rings (SSSR count). The highest BCUT2D eigenvalue weighted by molar-refractivity contribution is 9.10. The van der Waals surface area contributed by atoms with E-state index in [0.29, 0.717) is 22.8 Å². The van der Waals surface area contributed by atoms with Crippen molar-refractivity contribution in [3.8, 4) is 6.07 Å². The Hall–Kier alpha value is -3.02. The molecule has 4 aromatic rings. The normalized spacial score (nSPS) is 10.8. The summed E-state index contributed by atoms with van der Waals surface area (Å²) in [6.07, 6.45) is 6.17. The zero-order valence-electron chi connectivity index (χ0n) is 15.3. The minimum Gasteiger partial charge on any atom is -0.337 e. The lowest BCUT2D eigenvalue weighted by atomic mass is 10.1. The molecule has 0 spiro atoms. The van der Waals surface area contributed by atoms with Crippen LogP contribution in [0.3, 0.4) is 0 Å². The van der Waals surface area contributed by atoms with Gasteiger partial charge in [0.25, 0.3) is 5.91 Å². The minimum atomic E-state index is -0.127. The van der Waals surface area contributed by atoms with Gasteiger partial charge in [0.1, 0.15) is 0 Å². The molecule has 29 heavy (non-hydrogen) atoms. The van der Waals surface area contributed by atoms with E-state index < -0.39 is 0 Å². The van der Waals surface area contributed by atoms with Gasteiger partial charge in [0.15, 0.2) is 5.13 Å². The smallest absolute Gasteiger partial charge is 0.260 e. The monoisotopic (exact) mass is 465 g/mol. The highest BCUT2D eigenvalue weighted by Crippen LogP contribution is 2.31. The largest absolute Gasteiger partial charge is 0.337 e. The second-order valence-corrected chi connectivity index (χ2v) is 8.33. The molecule has 1 amide bonds. The molecule has 0 aliphatic heterocycles. The molecule has 0 fully saturated rings. The number of fused-ring (bicyclic) bond motifs is 1. The molecule has 2 aromatic heterocycles. The highest BCUT2D eigenvalue weighted by Gasteiger charge is 2.21. The second-order valence-electron chi connectivity index (χ2n) is 6.41. The van der Waals surface area contributed by atoms with Crippen LogP contribution in [0.2, 0.25) is 0 Å². The van der Waals surface area contributed by atoms with Gasteiger partial charge in [-0.05, 0) is 48.9 Å². The third-order valence-electron chi connectivity index (χ3n) is 4.43. The molecule has 0 saturated carbocycles. The van der Waals surface area contributed by atoms with Gasteiger partial charge in [-0.1, -0.05) is 27.3 Å². The van der Waals surface area contributed by atoms with Gasteiger partial charge in [0.2, 0.25) is 0 Å². The first-order chi connectivity index (χ1) is 14.1. The zero-order valence-corrected chi connectivity index (χ0v) is 17.7. The number of aromatic nitrogens is 3. The summed E-state index contributed by atoms with van der Waals surface area (Å²) < 4.78 is 3.98. The average Bonchev–Trinajstić information content (AvgIpc) is 3.40. The molecule has 6 nitrogen and oxygen atoms in total. The number of carbonyl (C=O) groups is 1. The fraction of sp³-hybridized carbons (Fsp3) is 0.143. The van der Waals surface area contributed by atoms with Gasteiger partial charge in [0, 0.05) is 35.5 Å². The molecule has 2 heterocycles. The maximum absolute atomic E-state index is 13.3. The summed E-state index contributed by atoms with van der Waals surface area (Å²) in [6.45, 7) is 1.28. The van der Waals surface area contributed by atoms with Crippen LogP contribution in [-0.2, 0) is 6.54 Å². The third-order valence-corrected chi connectivity index (χ3v) is 5.97. The van der Waals surface area contributed by atoms with Crippen LogP contribution in [0.1, 0.15) is 22.3 Å². The lowest BCUT2D eigenvalue weighted by Crippen LogP contribution is -2.32. The van der Waals surface area contributed by atoms with Gasteiger partial charge in [-0.15, -0.1) is 0 Å². The van der Waals surface area contributed by atoms with Gasteiger partial charge < -0.3 is 4.57 Å². The number of rotatable bonds is 6. The predicted octanol–water partition coefficient (Wildman–Crippen LogP) is 4.86. The molecule has 0 aliphatic carbocycles. The van der Waals surface area contributed by atoms with Crippen molar-refractivity contribution in [2.75, 3.05) is 11.4 Å². The number of anilines is 1. The van der Waals surface area contributed by atoms with Gasteiger partial charge in [-0.3, -0.25) is 9.69 Å². The molecule has 0 atom stereocenters. The van der Waals surface area contributed by atoms with E-state index >= 15 is 0 Å². The van der Waals surface area contributed by atoms with E-state index in [0.717, 1.165) is 27.7 Å². The topological polar surface area (TPSA) is 74.8 Å². The Morgan fingerprint density at radius 3 is 2.79 bits per heavy atom. The lowest BCUT2D eigenvalue weighted by Gasteiger charge is -2.20. The average molecular weight is 466 g/mol. The number of carbonyl (C=O) groups excluding carboxylic acids is 1. The number of nitrogens with zero attached hydrogens (tertiary/aromatic N) is 5. The van der Waals surface area contributed by atoms with Crippen molar-refractivity contribution in [1.29, 1.82) is 5.26 Å². The number of hydrogen-bond acceptors (Lipinski definition) is 5. The van der Waals surface area contributed by atoms with E-state index in [4.69, 9.17) is 5.26 Å². The van der Waals surface area contributed by atoms with Crippen molar-refractivity contribution in [3.63, 3.8) is 0 Å². The van der Waals surface area contributed by atoms with E-state index in [1.54, 1.807) is 41.7 Å². The van der Waals surface area contributed by atoms with E-state index in [1.165, 1.54) is 11.3 Å². The molecule has 0 saturated heterocycles. The standard InChI is InChI=1S/C21H16BrN5OS/c22-17-6-7-18-19(12-17)29-21(25-18)27(10-1-9-26-11-8-24-14-26)20(28)16-4-2-15(13-23)3-5-16/h2-8,11-12,14H,1,9-10H2. The molecular formula is C21H16BrN5OS. The summed E-state index contributed by atoms with van der Waals surface area (Å²) in [4.78, 5) is 23.7. The van der Waals surface area contributed by atoms with E-state index in [-0.39, 0.29) is 5.91 Å². The Kier molecular flexibility index (Phi) is 5.69. The SMILES string of the molecule is N#Cc1ccc(C(=O)N(CCCn2ccnc2)c2nc3ccc(Br)cc3s2)cc1. The quantitative estimate of drug-likeness (QED) is 0.407. The van der Waals surface area contributed by atoms with E-state index in [2.05, 4.69) is 32.0 Å². The van der Waals surface area contributed by atoms with Crippen molar-refractivity contribution in [3.05, 3.63) is 76.8 Å². The first-order valence-corrected chi connectivity index (χ1v) is 10.6. The van der Waals surface area contributed by atoms with Gasteiger partial charge in [0.05, 0.1) is 28.2 Å². The van der Waals surface area contributed by atoms with Crippen molar-refractivity contribution < 1.29 is 4.79 Å². The van der Waals surface area contributed by atoms with Crippen LogP contribution in [0.25, 0.3) is 10.2 Å². The molecule has 2 aromatic carbocycles. The van der Waals surface area contributed by atoms with Crippen LogP contribution in [0.15, 0.2) is 65.7 Å². The fourth-order valence-electron chi connectivity index (χ4n) is 2.96. The van der Waals surface area contributed by atoms with Gasteiger partial charge in [-0.2, -0.15) is 5.26 Å². The number of thiazole rings is 1. The maximum Gasteiger partial charge on any atom is 0.260 e. The Morgan fingerprint density at radius 2 is 2.07 bits per heavy atom. The van der Waals surface area contributed by atoms with Gasteiger partial charge >= 0.3 is 0 Å². The first kappa shape index (κ1) is 19.3. The summed E-state index contributed by atoms with van der Waals surface area (Å²) in [6, 6.07) is 14.7. The highest BCUT2D eigenvalue weighted by atomic mass is 79.9. The molecular weight excluding hydrogens is 450 g/mol. The number of amides is 1. The van der Waals surface area contributed by atoms with Crippen molar-refractivity contribution in [2.24, 2.45) is 0 Å². The summed E-state index contributed by atoms with van der Waals surface area (Å²) in [5, 5.41) is 9.66. The zero-order chi connectivity index (χ0) is 20.2. The number of imidazole rings is 1. The minimum absolute atomic E-state index is 0.127. The number of benzene rings is 2. The Bertz CT molecular complexity index is 1180. The molecule has 0 N–H and O–H groups in total. The van der Waals surface area contributed by atoms with E-state index in [1.807, 2.05) is 29.0 Å². The molecule has 0 bridgehead atoms. The number of hydrogen-bond donors (Lipinski definition) is 0. The molecule has 0 radical (unpaired) electrons. The van der Waals surface area contributed by atoms with E-state index in [9.17, 15) is 4.79 Å². The van der Waals surface area contributed by atoms with Crippen molar-refractivity contribution in [2.45, 2.75) is 13.0 Å². The number of aryl methyl sites for hydroxylation is 1. The van der Waals surface area contributed by atoms with Crippen molar-refractivity contribution in [1.82, 2.24) is 14.5 Å². The summed E-state index contributed by atoms with van der Waals surface area (Å²) in [7, 11) is 0. The molecule has 0 unspecified atom stereocenters. The second kappa shape index (κ2) is 8.55. The first-order valence-electron chi connectivity index (χ1n) is 8.98.